The van der Waals surface area contributed by atoms with Crippen molar-refractivity contribution in [1.82, 2.24) is 19.1 Å². The monoisotopic (exact) mass is 514 g/mol. The largest absolute Gasteiger partial charge is 0.496 e. The molecule has 1 atom stereocenters. The molecule has 0 fully saturated rings. The molecule has 3 heterocycles. The average Bonchev–Trinajstić information content (AvgIpc) is 2.79. The van der Waals surface area contributed by atoms with E-state index in [1.54, 1.807) is 49.7 Å². The Morgan fingerprint density at radius 3 is 2.59 bits per heavy atom. The Balaban J connectivity index is 1.95. The van der Waals surface area contributed by atoms with E-state index in [0.717, 1.165) is 10.1 Å². The number of pyridine rings is 2. The highest BCUT2D eigenvalue weighted by Crippen LogP contribution is 2.33. The predicted molar refractivity (Wildman–Crippen MR) is 127 cm³/mol. The second-order valence-corrected chi connectivity index (χ2v) is 8.71. The van der Waals surface area contributed by atoms with Crippen LogP contribution in [0.1, 0.15) is 25.8 Å². The Labute approximate surface area is 197 Å². The number of hydrogen-bond acceptors (Lipinski definition) is 5. The van der Waals surface area contributed by atoms with Crippen molar-refractivity contribution in [2.45, 2.75) is 25.8 Å². The third kappa shape index (κ3) is 3.63. The molecule has 0 N–H and O–H groups in total. The lowest BCUT2D eigenvalue weighted by Gasteiger charge is -2.34. The van der Waals surface area contributed by atoms with E-state index in [-0.39, 0.29) is 0 Å². The number of ether oxygens (including phenoxy) is 1. The SMILES string of the molecule is CCC(C)(c1ccc(Cl)nc1)n1cccc2c(=O)n(-c3ccc(OC)c(Br)c3)c(=O)nc1-2. The molecule has 9 heteroatoms. The molecule has 164 valence electrons. The van der Waals surface area contributed by atoms with Gasteiger partial charge < -0.3 is 9.30 Å². The molecule has 0 bridgehead atoms. The lowest BCUT2D eigenvalue weighted by molar-refractivity contribution is 0.375. The summed E-state index contributed by atoms with van der Waals surface area (Å²) in [4.78, 5) is 34.9. The van der Waals surface area contributed by atoms with Crippen LogP contribution in [-0.2, 0) is 5.54 Å². The Kier molecular flexibility index (Phi) is 5.92. The van der Waals surface area contributed by atoms with E-state index in [1.807, 2.05) is 30.7 Å². The molecule has 2 aliphatic rings. The van der Waals surface area contributed by atoms with Gasteiger partial charge in [0.05, 0.1) is 28.4 Å². The summed E-state index contributed by atoms with van der Waals surface area (Å²) < 4.78 is 8.77. The number of methoxy groups -OCH3 is 1. The van der Waals surface area contributed by atoms with Crippen molar-refractivity contribution >= 4 is 27.5 Å². The molecule has 0 radical (unpaired) electrons. The van der Waals surface area contributed by atoms with Crippen LogP contribution in [0.3, 0.4) is 0 Å². The second-order valence-electron chi connectivity index (χ2n) is 7.47. The quantitative estimate of drug-likeness (QED) is 0.366. The van der Waals surface area contributed by atoms with Gasteiger partial charge in [0.1, 0.15) is 10.9 Å². The summed E-state index contributed by atoms with van der Waals surface area (Å²) in [6.07, 6.45) is 4.19. The molecular weight excluding hydrogens is 496 g/mol. The van der Waals surface area contributed by atoms with Crippen LogP contribution in [0, 0.1) is 0 Å². The standard InChI is InChI=1S/C23H20BrClN4O3/c1-4-23(2,14-7-10-19(25)26-13-14)28-11-5-6-16-20(28)27-22(31)29(21(16)30)15-8-9-18(32-3)17(24)12-15/h5-13H,4H2,1-3H3. The number of fused-ring (bicyclic) bond motifs is 1. The minimum absolute atomic E-state index is 0.311. The molecule has 2 aliphatic heterocycles. The minimum Gasteiger partial charge on any atom is -0.496 e. The highest BCUT2D eigenvalue weighted by molar-refractivity contribution is 9.10. The fraction of sp³-hybridized carbons (Fsp3) is 0.217. The summed E-state index contributed by atoms with van der Waals surface area (Å²) in [5.74, 6) is 0.904. The average molecular weight is 516 g/mol. The van der Waals surface area contributed by atoms with Crippen molar-refractivity contribution in [3.05, 3.63) is 90.9 Å². The van der Waals surface area contributed by atoms with Gasteiger partial charge in [-0.2, -0.15) is 4.98 Å². The highest BCUT2D eigenvalue weighted by atomic mass is 79.9. The third-order valence-corrected chi connectivity index (χ3v) is 6.60. The van der Waals surface area contributed by atoms with E-state index < -0.39 is 16.8 Å². The zero-order chi connectivity index (χ0) is 23.0. The Morgan fingerprint density at radius 1 is 1.19 bits per heavy atom. The fourth-order valence-electron chi connectivity index (χ4n) is 3.76. The van der Waals surface area contributed by atoms with Gasteiger partial charge in [0.2, 0.25) is 0 Å². The summed E-state index contributed by atoms with van der Waals surface area (Å²) in [5, 5.41) is 0.392. The smallest absolute Gasteiger partial charge is 0.357 e. The van der Waals surface area contributed by atoms with Gasteiger partial charge in [-0.05, 0) is 71.2 Å². The molecular formula is C23H20BrClN4O3. The van der Waals surface area contributed by atoms with E-state index in [1.165, 1.54) is 0 Å². The highest BCUT2D eigenvalue weighted by Gasteiger charge is 2.31. The first kappa shape index (κ1) is 22.2. The van der Waals surface area contributed by atoms with Crippen LogP contribution in [0.4, 0.5) is 0 Å². The molecule has 0 saturated carbocycles. The fourth-order valence-corrected chi connectivity index (χ4v) is 4.40. The number of aromatic nitrogens is 4. The molecule has 1 unspecified atom stereocenters. The van der Waals surface area contributed by atoms with Crippen LogP contribution in [0.25, 0.3) is 17.1 Å². The molecule has 0 saturated heterocycles. The minimum atomic E-state index is -0.660. The van der Waals surface area contributed by atoms with E-state index in [4.69, 9.17) is 16.3 Å². The summed E-state index contributed by atoms with van der Waals surface area (Å²) in [6.45, 7) is 4.03. The first-order chi connectivity index (χ1) is 15.3. The van der Waals surface area contributed by atoms with Crippen molar-refractivity contribution in [2.75, 3.05) is 7.11 Å². The third-order valence-electron chi connectivity index (χ3n) is 5.76. The lowest BCUT2D eigenvalue weighted by Crippen LogP contribution is -2.40. The van der Waals surface area contributed by atoms with Gasteiger partial charge >= 0.3 is 5.69 Å². The van der Waals surface area contributed by atoms with Gasteiger partial charge in [0, 0.05) is 12.4 Å². The van der Waals surface area contributed by atoms with E-state index >= 15 is 0 Å². The van der Waals surface area contributed by atoms with Crippen LogP contribution in [0.2, 0.25) is 5.15 Å². The van der Waals surface area contributed by atoms with Gasteiger partial charge in [0.25, 0.3) is 5.56 Å². The van der Waals surface area contributed by atoms with Crippen LogP contribution >= 0.6 is 27.5 Å². The normalized spacial score (nSPS) is 13.2. The Bertz CT molecular complexity index is 1380. The molecule has 7 nitrogen and oxygen atoms in total. The molecule has 1 aromatic heterocycles. The molecule has 0 aliphatic carbocycles. The Hall–Kier alpha value is -2.97. The van der Waals surface area contributed by atoms with E-state index in [0.29, 0.717) is 38.9 Å². The summed E-state index contributed by atoms with van der Waals surface area (Å²) in [6, 6.07) is 12.0. The zero-order valence-corrected chi connectivity index (χ0v) is 20.0. The number of benzene rings is 1. The summed E-state index contributed by atoms with van der Waals surface area (Å²) >= 11 is 9.37. The van der Waals surface area contributed by atoms with Crippen molar-refractivity contribution in [3.63, 3.8) is 0 Å². The maximum Gasteiger partial charge on any atom is 0.357 e. The van der Waals surface area contributed by atoms with Crippen LogP contribution in [0.15, 0.2) is 68.9 Å². The summed E-state index contributed by atoms with van der Waals surface area (Å²) in [7, 11) is 1.54. The molecule has 0 spiro atoms. The van der Waals surface area contributed by atoms with E-state index in [9.17, 15) is 9.59 Å². The number of halogens is 2. The van der Waals surface area contributed by atoms with Crippen molar-refractivity contribution in [1.29, 1.82) is 0 Å². The van der Waals surface area contributed by atoms with Crippen LogP contribution in [-0.4, -0.2) is 26.2 Å². The van der Waals surface area contributed by atoms with Gasteiger partial charge in [-0.25, -0.2) is 14.3 Å². The number of rotatable bonds is 5. The molecule has 2 aromatic rings. The Morgan fingerprint density at radius 2 is 1.97 bits per heavy atom. The van der Waals surface area contributed by atoms with E-state index in [2.05, 4.69) is 25.9 Å². The van der Waals surface area contributed by atoms with Gasteiger partial charge in [-0.15, -0.1) is 0 Å². The van der Waals surface area contributed by atoms with Gasteiger partial charge in [-0.1, -0.05) is 24.6 Å². The molecule has 0 amide bonds. The van der Waals surface area contributed by atoms with Crippen LogP contribution < -0.4 is 16.0 Å². The predicted octanol–water partition coefficient (Wildman–Crippen LogP) is 4.49. The summed E-state index contributed by atoms with van der Waals surface area (Å²) in [5.41, 5.74) is -0.0813. The topological polar surface area (TPSA) is 79.0 Å². The van der Waals surface area contributed by atoms with Crippen molar-refractivity contribution in [2.24, 2.45) is 0 Å². The first-order valence-corrected chi connectivity index (χ1v) is 11.1. The maximum absolute atomic E-state index is 13.4. The first-order valence-electron chi connectivity index (χ1n) is 9.91. The van der Waals surface area contributed by atoms with Crippen molar-refractivity contribution < 1.29 is 4.74 Å². The van der Waals surface area contributed by atoms with Crippen LogP contribution in [0.5, 0.6) is 5.75 Å². The van der Waals surface area contributed by atoms with Crippen molar-refractivity contribution in [3.8, 4) is 22.8 Å². The molecule has 32 heavy (non-hydrogen) atoms. The van der Waals surface area contributed by atoms with Gasteiger partial charge in [0.15, 0.2) is 5.82 Å². The number of hydrogen-bond donors (Lipinski definition) is 0. The maximum atomic E-state index is 13.4. The molecule has 1 aromatic carbocycles. The number of nitrogens with zero attached hydrogens (tertiary/aromatic N) is 4. The molecule has 4 rings (SSSR count). The lowest BCUT2D eigenvalue weighted by atomic mass is 9.89. The van der Waals surface area contributed by atoms with Gasteiger partial charge in [-0.3, -0.25) is 4.79 Å². The second kappa shape index (κ2) is 8.52. The zero-order valence-electron chi connectivity index (χ0n) is 17.7.